The summed E-state index contributed by atoms with van der Waals surface area (Å²) in [5.74, 6) is 1.00. The average molecular weight is 603 g/mol. The van der Waals surface area contributed by atoms with Gasteiger partial charge in [-0.3, -0.25) is 19.5 Å². The number of hydrogen-bond donors (Lipinski definition) is 2. The van der Waals surface area contributed by atoms with Gasteiger partial charge in [0.1, 0.15) is 11.4 Å². The molecule has 3 aliphatic heterocycles. The highest BCUT2D eigenvalue weighted by Gasteiger charge is 2.44. The van der Waals surface area contributed by atoms with Crippen molar-refractivity contribution in [1.29, 1.82) is 0 Å². The third-order valence-corrected chi connectivity index (χ3v) is 8.93. The minimum absolute atomic E-state index is 0.00712. The van der Waals surface area contributed by atoms with E-state index >= 15 is 0 Å². The Labute approximate surface area is 242 Å². The maximum atomic E-state index is 13.5. The normalized spacial score (nSPS) is 23.0. The molecule has 0 spiro atoms. The van der Waals surface area contributed by atoms with Gasteiger partial charge in [-0.2, -0.15) is 26.3 Å². The second-order valence-corrected chi connectivity index (χ2v) is 11.4. The molecule has 7 rings (SSSR count). The van der Waals surface area contributed by atoms with E-state index in [1.807, 2.05) is 30.3 Å². The molecule has 226 valence electrons. The number of pyridine rings is 1. The lowest BCUT2D eigenvalue weighted by atomic mass is 9.72. The van der Waals surface area contributed by atoms with Crippen LogP contribution < -0.4 is 21.5 Å². The van der Waals surface area contributed by atoms with Crippen molar-refractivity contribution in [3.8, 4) is 0 Å². The molecule has 0 amide bonds. The lowest BCUT2D eigenvalue weighted by Crippen LogP contribution is -2.56. The van der Waals surface area contributed by atoms with Gasteiger partial charge in [-0.05, 0) is 67.1 Å². The molecule has 5 atom stereocenters. The van der Waals surface area contributed by atoms with E-state index in [-0.39, 0.29) is 23.5 Å². The number of fused-ring (bicyclic) bond motifs is 4. The number of nitrogens with zero attached hydrogens (tertiary/aromatic N) is 2. The standard InChI is InChI=1S/C31H28F6N4O2/c1-2-16-15-41-10-8-17(16)11-24(41)25(22-7-9-38-23-6-4-3-5-21(22)23)40-27-26(28(42)29(27)43)39-20-13-18(30(32,33)34)12-19(14-20)31(35,36)37/h3-7,9,12-14,16-17,24-25,39-40H,2,8,10-11,15H2,1H3/t16-,17?,24?,25+/m0/s1. The van der Waals surface area contributed by atoms with E-state index in [9.17, 15) is 35.9 Å². The molecule has 3 aromatic carbocycles. The number of piperidine rings is 3. The summed E-state index contributed by atoms with van der Waals surface area (Å²) in [7, 11) is 0. The van der Waals surface area contributed by atoms with Crippen molar-refractivity contribution in [2.45, 2.75) is 50.6 Å². The molecule has 0 saturated carbocycles. The molecule has 3 aliphatic rings. The molecular formula is C31H28F6N4O2. The van der Waals surface area contributed by atoms with Crippen molar-refractivity contribution in [3.05, 3.63) is 91.9 Å². The Bertz CT molecular complexity index is 1710. The van der Waals surface area contributed by atoms with Crippen LogP contribution in [0, 0.1) is 11.8 Å². The van der Waals surface area contributed by atoms with Gasteiger partial charge in [0, 0.05) is 29.9 Å². The van der Waals surface area contributed by atoms with E-state index in [1.54, 1.807) is 6.20 Å². The summed E-state index contributed by atoms with van der Waals surface area (Å²) in [5, 5.41) is 6.46. The molecule has 3 unspecified atom stereocenters. The molecule has 43 heavy (non-hydrogen) atoms. The van der Waals surface area contributed by atoms with Crippen LogP contribution in [0.5, 0.6) is 0 Å². The van der Waals surface area contributed by atoms with E-state index < -0.39 is 46.1 Å². The van der Waals surface area contributed by atoms with Gasteiger partial charge in [-0.1, -0.05) is 31.5 Å². The topological polar surface area (TPSA) is 74.3 Å². The van der Waals surface area contributed by atoms with Crippen LogP contribution in [0.15, 0.2) is 64.3 Å². The number of alkyl halides is 6. The van der Waals surface area contributed by atoms with Gasteiger partial charge < -0.3 is 10.6 Å². The SMILES string of the molecule is CC[C@H]1CN2CCC1CC2[C@H](Nc1c(Nc2cc(C(F)(F)F)cc(C(F)(F)F)c2)c(=O)c1=O)c1ccnc2ccccc12. The van der Waals surface area contributed by atoms with Crippen LogP contribution >= 0.6 is 0 Å². The number of nitrogens with one attached hydrogen (secondary N) is 2. The maximum Gasteiger partial charge on any atom is 0.416 e. The molecule has 1 aromatic heterocycles. The highest BCUT2D eigenvalue weighted by Crippen LogP contribution is 2.44. The lowest BCUT2D eigenvalue weighted by Gasteiger charge is -2.52. The molecule has 12 heteroatoms. The van der Waals surface area contributed by atoms with Gasteiger partial charge in [0.25, 0.3) is 10.9 Å². The van der Waals surface area contributed by atoms with E-state index in [0.29, 0.717) is 24.0 Å². The molecule has 3 saturated heterocycles. The zero-order chi connectivity index (χ0) is 30.7. The number of para-hydroxylation sites is 1. The Hall–Kier alpha value is -3.93. The van der Waals surface area contributed by atoms with Crippen molar-refractivity contribution in [1.82, 2.24) is 9.88 Å². The Morgan fingerprint density at radius 1 is 0.953 bits per heavy atom. The summed E-state index contributed by atoms with van der Waals surface area (Å²) in [6.45, 7) is 3.88. The summed E-state index contributed by atoms with van der Waals surface area (Å²) < 4.78 is 80.7. The summed E-state index contributed by atoms with van der Waals surface area (Å²) in [6.07, 6.45) is -5.57. The van der Waals surface area contributed by atoms with Crippen LogP contribution in [0.1, 0.15) is 48.9 Å². The Morgan fingerprint density at radius 3 is 2.26 bits per heavy atom. The van der Waals surface area contributed by atoms with Crippen LogP contribution in [0.3, 0.4) is 0 Å². The first-order chi connectivity index (χ1) is 20.3. The van der Waals surface area contributed by atoms with Crippen molar-refractivity contribution in [2.75, 3.05) is 23.7 Å². The molecule has 2 N–H and O–H groups in total. The fourth-order valence-corrected chi connectivity index (χ4v) is 6.73. The second-order valence-electron chi connectivity index (χ2n) is 11.4. The molecular weight excluding hydrogens is 574 g/mol. The van der Waals surface area contributed by atoms with Crippen LogP contribution in [0.2, 0.25) is 0 Å². The quantitative estimate of drug-likeness (QED) is 0.177. The van der Waals surface area contributed by atoms with Crippen molar-refractivity contribution in [3.63, 3.8) is 0 Å². The maximum absolute atomic E-state index is 13.5. The van der Waals surface area contributed by atoms with Gasteiger partial charge in [0.15, 0.2) is 0 Å². The zero-order valence-electron chi connectivity index (χ0n) is 23.0. The molecule has 0 radical (unpaired) electrons. The van der Waals surface area contributed by atoms with E-state index in [2.05, 4.69) is 27.4 Å². The van der Waals surface area contributed by atoms with Gasteiger partial charge in [0.2, 0.25) is 0 Å². The summed E-state index contributed by atoms with van der Waals surface area (Å²) in [4.78, 5) is 32.4. The fraction of sp³-hybridized carbons (Fsp3) is 0.387. The molecule has 4 aromatic rings. The van der Waals surface area contributed by atoms with E-state index in [4.69, 9.17) is 0 Å². The Balaban J connectivity index is 1.40. The zero-order valence-corrected chi connectivity index (χ0v) is 23.0. The molecule has 3 fully saturated rings. The predicted octanol–water partition coefficient (Wildman–Crippen LogP) is 6.89. The number of aromatic nitrogens is 1. The van der Waals surface area contributed by atoms with Crippen LogP contribution in [-0.4, -0.2) is 29.0 Å². The summed E-state index contributed by atoms with van der Waals surface area (Å²) in [5.41, 5.74) is -4.57. The highest BCUT2D eigenvalue weighted by atomic mass is 19.4. The first kappa shape index (κ1) is 29.2. The Morgan fingerprint density at radius 2 is 1.63 bits per heavy atom. The minimum Gasteiger partial charge on any atom is -0.372 e. The molecule has 0 aliphatic carbocycles. The third-order valence-electron chi connectivity index (χ3n) is 8.93. The van der Waals surface area contributed by atoms with Crippen molar-refractivity contribution >= 4 is 28.0 Å². The first-order valence-electron chi connectivity index (χ1n) is 14.1. The highest BCUT2D eigenvalue weighted by molar-refractivity contribution is 5.84. The predicted molar refractivity (Wildman–Crippen MR) is 151 cm³/mol. The molecule has 6 nitrogen and oxygen atoms in total. The second kappa shape index (κ2) is 10.7. The van der Waals surface area contributed by atoms with Crippen LogP contribution in [-0.2, 0) is 12.4 Å². The van der Waals surface area contributed by atoms with Gasteiger partial charge in [0.05, 0.1) is 22.7 Å². The average Bonchev–Trinajstić information content (AvgIpc) is 2.99. The van der Waals surface area contributed by atoms with Crippen LogP contribution in [0.25, 0.3) is 10.9 Å². The van der Waals surface area contributed by atoms with E-state index in [0.717, 1.165) is 48.8 Å². The van der Waals surface area contributed by atoms with Gasteiger partial charge >= 0.3 is 12.4 Å². The number of halogens is 6. The lowest BCUT2D eigenvalue weighted by molar-refractivity contribution is -0.143. The number of rotatable bonds is 7. The third kappa shape index (κ3) is 5.37. The van der Waals surface area contributed by atoms with Crippen LogP contribution in [0.4, 0.5) is 43.4 Å². The van der Waals surface area contributed by atoms with Gasteiger partial charge in [-0.25, -0.2) is 0 Å². The molecule has 4 heterocycles. The van der Waals surface area contributed by atoms with Crippen molar-refractivity contribution < 1.29 is 26.3 Å². The summed E-state index contributed by atoms with van der Waals surface area (Å²) in [6, 6.07) is 9.70. The molecule has 2 bridgehead atoms. The Kier molecular flexibility index (Phi) is 7.22. The number of hydrogen-bond acceptors (Lipinski definition) is 6. The monoisotopic (exact) mass is 602 g/mol. The fourth-order valence-electron chi connectivity index (χ4n) is 6.73. The minimum atomic E-state index is -5.06. The van der Waals surface area contributed by atoms with Gasteiger partial charge in [-0.15, -0.1) is 0 Å². The first-order valence-corrected chi connectivity index (χ1v) is 14.1. The summed E-state index contributed by atoms with van der Waals surface area (Å²) >= 11 is 0. The largest absolute Gasteiger partial charge is 0.416 e. The number of anilines is 3. The smallest absolute Gasteiger partial charge is 0.372 e. The van der Waals surface area contributed by atoms with Crippen molar-refractivity contribution in [2.24, 2.45) is 11.8 Å². The number of benzene rings is 2. The van der Waals surface area contributed by atoms with E-state index in [1.165, 1.54) is 0 Å².